The molecule has 0 aromatic heterocycles. The molecule has 1 aromatic carbocycles. The molecule has 1 saturated heterocycles. The van der Waals surface area contributed by atoms with E-state index in [4.69, 9.17) is 10.00 Å². The lowest BCUT2D eigenvalue weighted by Crippen LogP contribution is -2.37. The minimum Gasteiger partial charge on any atom is -0.447 e. The number of amides is 1. The Morgan fingerprint density at radius 1 is 1.52 bits per heavy atom. The molecule has 1 N–H and O–H groups in total. The zero-order valence-electron chi connectivity index (χ0n) is 10.9. The average Bonchev–Trinajstić information content (AvgIpc) is 2.78. The topological polar surface area (TPSA) is 73.6 Å². The lowest BCUT2D eigenvalue weighted by molar-refractivity contribution is -0.138. The first kappa shape index (κ1) is 15.1. The molecular weight excluding hydrogens is 289 g/mol. The van der Waals surface area contributed by atoms with Crippen molar-refractivity contribution < 1.29 is 27.8 Å². The molecule has 1 amide bonds. The van der Waals surface area contributed by atoms with Gasteiger partial charge in [0.25, 0.3) is 0 Å². The second-order valence-electron chi connectivity index (χ2n) is 4.53. The maximum atomic E-state index is 13.1. The SMILES string of the molecule is Cc1c(N2C(=O)OC[C@@H]2CO)ccc(C#N)c1C(F)(F)F. The van der Waals surface area contributed by atoms with Crippen molar-refractivity contribution >= 4 is 11.8 Å². The molecule has 0 saturated carbocycles. The first-order chi connectivity index (χ1) is 9.81. The number of aliphatic hydroxyl groups excluding tert-OH is 1. The lowest BCUT2D eigenvalue weighted by Gasteiger charge is -2.24. The van der Waals surface area contributed by atoms with Crippen LogP contribution in [0.25, 0.3) is 0 Å². The number of nitriles is 1. The molecule has 1 aliphatic heterocycles. The Bertz CT molecular complexity index is 622. The molecular formula is C13H11F3N2O3. The van der Waals surface area contributed by atoms with Gasteiger partial charge in [-0.15, -0.1) is 0 Å². The Labute approximate surface area is 118 Å². The van der Waals surface area contributed by atoms with Gasteiger partial charge in [-0.2, -0.15) is 18.4 Å². The third-order valence-corrected chi connectivity index (χ3v) is 3.27. The second-order valence-corrected chi connectivity index (χ2v) is 4.53. The van der Waals surface area contributed by atoms with E-state index in [1.165, 1.54) is 19.1 Å². The van der Waals surface area contributed by atoms with E-state index in [9.17, 15) is 23.1 Å². The van der Waals surface area contributed by atoms with Crippen LogP contribution in [-0.2, 0) is 10.9 Å². The van der Waals surface area contributed by atoms with E-state index in [1.807, 2.05) is 0 Å². The van der Waals surface area contributed by atoms with E-state index in [0.29, 0.717) is 0 Å². The van der Waals surface area contributed by atoms with Crippen LogP contribution in [0.3, 0.4) is 0 Å². The summed E-state index contributed by atoms with van der Waals surface area (Å²) in [6.07, 6.45) is -5.54. The zero-order valence-corrected chi connectivity index (χ0v) is 10.9. The van der Waals surface area contributed by atoms with Crippen molar-refractivity contribution in [2.24, 2.45) is 0 Å². The van der Waals surface area contributed by atoms with Crippen LogP contribution in [0.1, 0.15) is 16.7 Å². The Kier molecular flexibility index (Phi) is 3.78. The van der Waals surface area contributed by atoms with Crippen molar-refractivity contribution in [3.05, 3.63) is 28.8 Å². The van der Waals surface area contributed by atoms with Gasteiger partial charge in [0.15, 0.2) is 0 Å². The van der Waals surface area contributed by atoms with Crippen LogP contribution in [0, 0.1) is 18.3 Å². The van der Waals surface area contributed by atoms with Gasteiger partial charge in [-0.3, -0.25) is 4.90 Å². The highest BCUT2D eigenvalue weighted by Crippen LogP contribution is 2.39. The van der Waals surface area contributed by atoms with Crippen molar-refractivity contribution in [3.8, 4) is 6.07 Å². The zero-order chi connectivity index (χ0) is 15.8. The standard InChI is InChI=1S/C13H11F3N2O3/c1-7-10(18-9(5-19)6-21-12(18)20)3-2-8(4-17)11(7)13(14,15)16/h2-3,9,19H,5-6H2,1H3/t9-/m0/s1. The molecule has 1 atom stereocenters. The van der Waals surface area contributed by atoms with Crippen LogP contribution in [0.5, 0.6) is 0 Å². The maximum absolute atomic E-state index is 13.1. The normalized spacial score (nSPS) is 18.6. The fourth-order valence-electron chi connectivity index (χ4n) is 2.31. The number of aliphatic hydroxyl groups is 1. The van der Waals surface area contributed by atoms with Gasteiger partial charge in [-0.25, -0.2) is 4.79 Å². The number of alkyl halides is 3. The van der Waals surface area contributed by atoms with Gasteiger partial charge in [0.05, 0.1) is 35.5 Å². The molecule has 1 heterocycles. The molecule has 0 unspecified atom stereocenters. The van der Waals surface area contributed by atoms with E-state index in [0.717, 1.165) is 11.0 Å². The summed E-state index contributed by atoms with van der Waals surface area (Å²) in [5, 5.41) is 18.0. The number of carbonyl (C=O) groups is 1. The van der Waals surface area contributed by atoms with E-state index >= 15 is 0 Å². The highest BCUT2D eigenvalue weighted by molar-refractivity contribution is 5.91. The summed E-state index contributed by atoms with van der Waals surface area (Å²) >= 11 is 0. The number of rotatable bonds is 2. The lowest BCUT2D eigenvalue weighted by atomic mass is 9.99. The van der Waals surface area contributed by atoms with E-state index < -0.39 is 36.0 Å². The maximum Gasteiger partial charge on any atom is 0.418 e. The quantitative estimate of drug-likeness (QED) is 0.908. The van der Waals surface area contributed by atoms with Crippen molar-refractivity contribution in [2.75, 3.05) is 18.1 Å². The van der Waals surface area contributed by atoms with Gasteiger partial charge >= 0.3 is 12.3 Å². The monoisotopic (exact) mass is 300 g/mol. The molecule has 1 fully saturated rings. The second kappa shape index (κ2) is 5.26. The molecule has 8 heteroatoms. The molecule has 2 rings (SSSR count). The minimum absolute atomic E-state index is 0.0251. The number of hydrogen-bond acceptors (Lipinski definition) is 4. The van der Waals surface area contributed by atoms with Gasteiger partial charge < -0.3 is 9.84 Å². The summed E-state index contributed by atoms with van der Waals surface area (Å²) in [5.74, 6) is 0. The highest BCUT2D eigenvalue weighted by Gasteiger charge is 2.40. The number of benzene rings is 1. The van der Waals surface area contributed by atoms with E-state index in [1.54, 1.807) is 0 Å². The summed E-state index contributed by atoms with van der Waals surface area (Å²) in [6, 6.07) is 3.00. The smallest absolute Gasteiger partial charge is 0.418 e. The summed E-state index contributed by atoms with van der Waals surface area (Å²) in [5.41, 5.74) is -1.88. The van der Waals surface area contributed by atoms with Crippen molar-refractivity contribution in [3.63, 3.8) is 0 Å². The largest absolute Gasteiger partial charge is 0.447 e. The molecule has 0 bridgehead atoms. The molecule has 5 nitrogen and oxygen atoms in total. The number of hydrogen-bond donors (Lipinski definition) is 1. The molecule has 112 valence electrons. The Balaban J connectivity index is 2.62. The number of nitrogens with zero attached hydrogens (tertiary/aromatic N) is 2. The van der Waals surface area contributed by atoms with Crippen LogP contribution in [-0.4, -0.2) is 30.5 Å². The highest BCUT2D eigenvalue weighted by atomic mass is 19.4. The number of ether oxygens (including phenoxy) is 1. The van der Waals surface area contributed by atoms with Crippen LogP contribution in [0.2, 0.25) is 0 Å². The number of halogens is 3. The average molecular weight is 300 g/mol. The van der Waals surface area contributed by atoms with Gasteiger partial charge in [-0.1, -0.05) is 0 Å². The summed E-state index contributed by atoms with van der Waals surface area (Å²) < 4.78 is 44.1. The molecule has 0 radical (unpaired) electrons. The number of anilines is 1. The van der Waals surface area contributed by atoms with Gasteiger partial charge in [0.2, 0.25) is 0 Å². The van der Waals surface area contributed by atoms with Gasteiger partial charge in [-0.05, 0) is 24.6 Å². The predicted molar refractivity (Wildman–Crippen MR) is 65.6 cm³/mol. The summed E-state index contributed by atoms with van der Waals surface area (Å²) in [6.45, 7) is 0.641. The Morgan fingerprint density at radius 2 is 2.19 bits per heavy atom. The fourth-order valence-corrected chi connectivity index (χ4v) is 2.31. The first-order valence-corrected chi connectivity index (χ1v) is 5.99. The van der Waals surface area contributed by atoms with E-state index in [2.05, 4.69) is 0 Å². The van der Waals surface area contributed by atoms with Crippen LogP contribution in [0.4, 0.5) is 23.7 Å². The van der Waals surface area contributed by atoms with Crippen molar-refractivity contribution in [2.45, 2.75) is 19.1 Å². The number of cyclic esters (lactones) is 1. The summed E-state index contributed by atoms with van der Waals surface area (Å²) in [4.78, 5) is 12.6. The fraction of sp³-hybridized carbons (Fsp3) is 0.385. The van der Waals surface area contributed by atoms with E-state index in [-0.39, 0.29) is 17.9 Å². The van der Waals surface area contributed by atoms with Crippen molar-refractivity contribution in [1.29, 1.82) is 5.26 Å². The Morgan fingerprint density at radius 3 is 2.71 bits per heavy atom. The van der Waals surface area contributed by atoms with Crippen LogP contribution < -0.4 is 4.90 Å². The minimum atomic E-state index is -4.72. The summed E-state index contributed by atoms with van der Waals surface area (Å²) in [7, 11) is 0. The van der Waals surface area contributed by atoms with Gasteiger partial charge in [0, 0.05) is 0 Å². The molecule has 1 aromatic rings. The third-order valence-electron chi connectivity index (χ3n) is 3.27. The Hall–Kier alpha value is -2.27. The molecule has 0 aliphatic carbocycles. The molecule has 1 aliphatic rings. The molecule has 21 heavy (non-hydrogen) atoms. The van der Waals surface area contributed by atoms with Crippen molar-refractivity contribution in [1.82, 2.24) is 0 Å². The predicted octanol–water partition coefficient (Wildman–Crippen LogP) is 2.20. The van der Waals surface area contributed by atoms with Crippen LogP contribution in [0.15, 0.2) is 12.1 Å². The first-order valence-electron chi connectivity index (χ1n) is 5.99. The van der Waals surface area contributed by atoms with Crippen LogP contribution >= 0.6 is 0 Å². The third kappa shape index (κ3) is 2.52. The molecule has 0 spiro atoms. The van der Waals surface area contributed by atoms with Gasteiger partial charge in [0.1, 0.15) is 6.61 Å². The number of carbonyl (C=O) groups excluding carboxylic acids is 1.